The van der Waals surface area contributed by atoms with Crippen LogP contribution in [0.15, 0.2) is 40.9 Å². The molecular weight excluding hydrogens is 368 g/mol. The number of carbonyl (C=O) groups excluding carboxylic acids is 3. The molecule has 1 aromatic rings. The Kier molecular flexibility index (Phi) is 3.68. The first-order chi connectivity index (χ1) is 13.1. The first-order valence-corrected chi connectivity index (χ1v) is 8.65. The van der Waals surface area contributed by atoms with Crippen LogP contribution in [0.1, 0.15) is 22.3 Å². The third kappa shape index (κ3) is 2.05. The molecule has 3 unspecified atom stereocenters. The van der Waals surface area contributed by atoms with Crippen molar-refractivity contribution in [2.24, 2.45) is 23.3 Å². The van der Waals surface area contributed by atoms with Crippen LogP contribution in [-0.2, 0) is 16.0 Å². The minimum absolute atomic E-state index is 0.000260. The van der Waals surface area contributed by atoms with E-state index in [1.807, 2.05) is 0 Å². The molecule has 4 rings (SSSR count). The van der Waals surface area contributed by atoms with Gasteiger partial charge in [0.25, 0.3) is 5.91 Å². The maximum Gasteiger partial charge on any atom is 0.255 e. The zero-order chi connectivity index (χ0) is 20.5. The number of rotatable bonds is 1. The van der Waals surface area contributed by atoms with Crippen LogP contribution in [0.25, 0.3) is 0 Å². The summed E-state index contributed by atoms with van der Waals surface area (Å²) in [5, 5.41) is 42.2. The number of allylic oxidation sites excluding steroid dienone is 1. The SMILES string of the molecule is NC(=O)C1=C(O)C(N)C2CC3Cc4cccc(O)c4C(=O)C3=C(O)[C@]2(O)C1=O. The Morgan fingerprint density at radius 1 is 1.18 bits per heavy atom. The van der Waals surface area contributed by atoms with Gasteiger partial charge in [-0.3, -0.25) is 14.4 Å². The Labute approximate surface area is 158 Å². The lowest BCUT2D eigenvalue weighted by Gasteiger charge is -2.47. The van der Waals surface area contributed by atoms with E-state index in [1.54, 1.807) is 12.1 Å². The van der Waals surface area contributed by atoms with Gasteiger partial charge in [0.1, 0.15) is 22.8 Å². The van der Waals surface area contributed by atoms with Crippen molar-refractivity contribution in [1.82, 2.24) is 0 Å². The van der Waals surface area contributed by atoms with Crippen molar-refractivity contribution >= 4 is 17.5 Å². The van der Waals surface area contributed by atoms with E-state index in [1.165, 1.54) is 6.07 Å². The zero-order valence-electron chi connectivity index (χ0n) is 14.5. The van der Waals surface area contributed by atoms with Gasteiger partial charge >= 0.3 is 0 Å². The summed E-state index contributed by atoms with van der Waals surface area (Å²) in [6, 6.07) is 3.23. The number of primary amides is 1. The van der Waals surface area contributed by atoms with Crippen LogP contribution in [0.3, 0.4) is 0 Å². The van der Waals surface area contributed by atoms with Crippen LogP contribution in [0, 0.1) is 11.8 Å². The highest BCUT2D eigenvalue weighted by molar-refractivity contribution is 6.24. The van der Waals surface area contributed by atoms with Gasteiger partial charge in [0.15, 0.2) is 11.4 Å². The first-order valence-electron chi connectivity index (χ1n) is 8.65. The molecule has 9 heteroatoms. The quantitative estimate of drug-likeness (QED) is 0.349. The molecule has 0 aliphatic heterocycles. The largest absolute Gasteiger partial charge is 0.510 e. The minimum atomic E-state index is -2.67. The normalized spacial score (nSPS) is 32.0. The number of Topliss-reactive ketones (excluding diaryl/α,β-unsaturated/α-hetero) is 2. The number of benzene rings is 1. The van der Waals surface area contributed by atoms with Crippen molar-refractivity contribution in [3.05, 3.63) is 52.0 Å². The molecule has 28 heavy (non-hydrogen) atoms. The number of ketones is 2. The summed E-state index contributed by atoms with van der Waals surface area (Å²) >= 11 is 0. The summed E-state index contributed by atoms with van der Waals surface area (Å²) < 4.78 is 0. The van der Waals surface area contributed by atoms with E-state index in [0.717, 1.165) is 0 Å². The molecule has 8 N–H and O–H groups in total. The molecule has 0 heterocycles. The predicted molar refractivity (Wildman–Crippen MR) is 94.2 cm³/mol. The van der Waals surface area contributed by atoms with Crippen LogP contribution in [-0.4, -0.2) is 49.5 Å². The lowest BCUT2D eigenvalue weighted by Crippen LogP contribution is -2.63. The Balaban J connectivity index is 1.95. The number of hydrogen-bond donors (Lipinski definition) is 6. The number of nitrogens with two attached hydrogens (primary N) is 2. The van der Waals surface area contributed by atoms with Gasteiger partial charge in [0, 0.05) is 11.5 Å². The van der Waals surface area contributed by atoms with Gasteiger partial charge in [-0.15, -0.1) is 0 Å². The molecule has 1 amide bonds. The number of aromatic hydroxyl groups is 1. The van der Waals surface area contributed by atoms with Crippen molar-refractivity contribution in [3.63, 3.8) is 0 Å². The van der Waals surface area contributed by atoms with E-state index in [9.17, 15) is 34.8 Å². The Bertz CT molecular complexity index is 1030. The fourth-order valence-electron chi connectivity index (χ4n) is 4.65. The molecular formula is C19H18N2O7. The molecule has 0 saturated heterocycles. The monoisotopic (exact) mass is 386 g/mol. The lowest BCUT2D eigenvalue weighted by molar-refractivity contribution is -0.145. The first kappa shape index (κ1) is 18.2. The molecule has 0 bridgehead atoms. The van der Waals surface area contributed by atoms with Crippen molar-refractivity contribution < 1.29 is 34.8 Å². The van der Waals surface area contributed by atoms with Crippen molar-refractivity contribution in [3.8, 4) is 5.75 Å². The predicted octanol–water partition coefficient (Wildman–Crippen LogP) is -0.482. The maximum absolute atomic E-state index is 13.0. The Hall–Kier alpha value is -3.17. The van der Waals surface area contributed by atoms with Gasteiger partial charge in [-0.1, -0.05) is 12.1 Å². The van der Waals surface area contributed by atoms with E-state index in [2.05, 4.69) is 0 Å². The number of fused-ring (bicyclic) bond motifs is 3. The second kappa shape index (κ2) is 5.66. The molecule has 0 spiro atoms. The zero-order valence-corrected chi connectivity index (χ0v) is 14.5. The summed E-state index contributed by atoms with van der Waals surface area (Å²) in [6.45, 7) is 0. The van der Waals surface area contributed by atoms with Crippen LogP contribution in [0.4, 0.5) is 0 Å². The molecule has 3 aliphatic carbocycles. The fourth-order valence-corrected chi connectivity index (χ4v) is 4.65. The van der Waals surface area contributed by atoms with E-state index in [4.69, 9.17) is 11.5 Å². The van der Waals surface area contributed by atoms with Crippen molar-refractivity contribution in [2.45, 2.75) is 24.5 Å². The third-order valence-corrected chi connectivity index (χ3v) is 5.99. The highest BCUT2D eigenvalue weighted by Gasteiger charge is 2.62. The number of amides is 1. The topological polar surface area (TPSA) is 184 Å². The van der Waals surface area contributed by atoms with E-state index < -0.39 is 58.0 Å². The molecule has 0 fully saturated rings. The highest BCUT2D eigenvalue weighted by atomic mass is 16.3. The summed E-state index contributed by atoms with van der Waals surface area (Å²) in [5.74, 6) is -7.02. The summed E-state index contributed by atoms with van der Waals surface area (Å²) in [4.78, 5) is 37.4. The molecule has 3 aliphatic rings. The third-order valence-electron chi connectivity index (χ3n) is 5.99. The van der Waals surface area contributed by atoms with Gasteiger partial charge in [-0.25, -0.2) is 0 Å². The minimum Gasteiger partial charge on any atom is -0.510 e. The summed E-state index contributed by atoms with van der Waals surface area (Å²) in [6.07, 6.45) is 0.259. The lowest BCUT2D eigenvalue weighted by atomic mass is 9.59. The second-order valence-corrected chi connectivity index (χ2v) is 7.39. The van der Waals surface area contributed by atoms with Crippen LogP contribution in [0.2, 0.25) is 0 Å². The average molecular weight is 386 g/mol. The van der Waals surface area contributed by atoms with E-state index in [0.29, 0.717) is 5.56 Å². The van der Waals surface area contributed by atoms with Crippen LogP contribution < -0.4 is 11.5 Å². The van der Waals surface area contributed by atoms with E-state index >= 15 is 0 Å². The number of aliphatic hydroxyl groups excluding tert-OH is 2. The molecule has 0 radical (unpaired) electrons. The molecule has 146 valence electrons. The smallest absolute Gasteiger partial charge is 0.255 e. The van der Waals surface area contributed by atoms with Crippen LogP contribution >= 0.6 is 0 Å². The molecule has 0 aromatic heterocycles. The molecule has 1 aromatic carbocycles. The number of aliphatic hydroxyl groups is 3. The van der Waals surface area contributed by atoms with E-state index in [-0.39, 0.29) is 29.7 Å². The molecule has 4 atom stereocenters. The Morgan fingerprint density at radius 3 is 2.50 bits per heavy atom. The fraction of sp³-hybridized carbons (Fsp3) is 0.316. The van der Waals surface area contributed by atoms with Gasteiger partial charge in [-0.2, -0.15) is 0 Å². The van der Waals surface area contributed by atoms with Gasteiger partial charge in [0.2, 0.25) is 5.78 Å². The Morgan fingerprint density at radius 2 is 1.86 bits per heavy atom. The van der Waals surface area contributed by atoms with Gasteiger partial charge in [0.05, 0.1) is 11.6 Å². The standard InChI is InChI=1S/C19H18N2O7/c20-13-8-5-7-4-6-2-1-3-9(22)10(6)14(23)11(7)16(25)19(8,28)17(26)12(15(13)24)18(21)27/h1-3,7-8,13,22,24-25,28H,4-5,20H2,(H2,21,27)/t7?,8?,13?,19-/m0/s1. The number of carbonyl (C=O) groups is 3. The van der Waals surface area contributed by atoms with Gasteiger partial charge < -0.3 is 31.9 Å². The summed E-state index contributed by atoms with van der Waals surface area (Å²) in [5.41, 5.74) is 7.87. The van der Waals surface area contributed by atoms with Gasteiger partial charge in [-0.05, 0) is 30.4 Å². The number of phenols is 1. The van der Waals surface area contributed by atoms with Crippen LogP contribution in [0.5, 0.6) is 5.75 Å². The average Bonchev–Trinajstić information content (AvgIpc) is 2.62. The number of phenolic OH excluding ortho intramolecular Hbond substituents is 1. The summed E-state index contributed by atoms with van der Waals surface area (Å²) in [7, 11) is 0. The highest BCUT2D eigenvalue weighted by Crippen LogP contribution is 2.50. The van der Waals surface area contributed by atoms with Crippen molar-refractivity contribution in [1.29, 1.82) is 0 Å². The molecule has 0 saturated carbocycles. The number of hydrogen-bond acceptors (Lipinski definition) is 8. The van der Waals surface area contributed by atoms with Crippen molar-refractivity contribution in [2.75, 3.05) is 0 Å². The molecule has 9 nitrogen and oxygen atoms in total. The second-order valence-electron chi connectivity index (χ2n) is 7.39. The maximum atomic E-state index is 13.0.